The van der Waals surface area contributed by atoms with Crippen LogP contribution in [0.4, 0.5) is 0 Å². The van der Waals surface area contributed by atoms with Crippen LogP contribution < -0.4 is 0 Å². The Morgan fingerprint density at radius 2 is 2.15 bits per heavy atom. The summed E-state index contributed by atoms with van der Waals surface area (Å²) < 4.78 is 0. The summed E-state index contributed by atoms with van der Waals surface area (Å²) in [5, 5.41) is 0.896. The van der Waals surface area contributed by atoms with Crippen molar-refractivity contribution in [1.82, 2.24) is 4.90 Å². The zero-order valence-corrected chi connectivity index (χ0v) is 10.0. The predicted octanol–water partition coefficient (Wildman–Crippen LogP) is 2.42. The molecule has 1 aliphatic rings. The topological polar surface area (TPSA) is 20.3 Å². The zero-order chi connectivity index (χ0) is 9.84. The van der Waals surface area contributed by atoms with E-state index in [4.69, 9.17) is 0 Å². The molecule has 0 aliphatic heterocycles. The summed E-state index contributed by atoms with van der Waals surface area (Å²) in [5.74, 6) is 0.807. The maximum Gasteiger partial charge on any atom is 0.223 e. The number of carbonyl (C=O) groups is 1. The van der Waals surface area contributed by atoms with Crippen LogP contribution in [0.15, 0.2) is 0 Å². The molecule has 0 aromatic heterocycles. The Morgan fingerprint density at radius 3 is 2.54 bits per heavy atom. The summed E-state index contributed by atoms with van der Waals surface area (Å²) in [6.07, 6.45) is 3.11. The number of amides is 1. The van der Waals surface area contributed by atoms with Gasteiger partial charge < -0.3 is 4.90 Å². The molecule has 1 rings (SSSR count). The third kappa shape index (κ3) is 3.67. The van der Waals surface area contributed by atoms with Crippen molar-refractivity contribution in [2.24, 2.45) is 5.92 Å². The van der Waals surface area contributed by atoms with Gasteiger partial charge in [0.2, 0.25) is 5.91 Å². The van der Waals surface area contributed by atoms with Gasteiger partial charge >= 0.3 is 0 Å². The van der Waals surface area contributed by atoms with E-state index >= 15 is 0 Å². The van der Waals surface area contributed by atoms with Gasteiger partial charge in [-0.25, -0.2) is 0 Å². The number of carbonyl (C=O) groups excluding carboxylic acids is 1. The lowest BCUT2D eigenvalue weighted by Crippen LogP contribution is -2.35. The molecule has 0 saturated heterocycles. The molecule has 0 spiro atoms. The highest BCUT2D eigenvalue weighted by molar-refractivity contribution is 9.09. The van der Waals surface area contributed by atoms with Crippen LogP contribution in [0.5, 0.6) is 0 Å². The molecule has 1 fully saturated rings. The number of halogens is 1. The van der Waals surface area contributed by atoms with E-state index in [1.807, 2.05) is 4.90 Å². The van der Waals surface area contributed by atoms with Crippen LogP contribution in [-0.2, 0) is 4.79 Å². The molecule has 0 unspecified atom stereocenters. The molecule has 13 heavy (non-hydrogen) atoms. The smallest absolute Gasteiger partial charge is 0.223 e. The van der Waals surface area contributed by atoms with Gasteiger partial charge in [0.25, 0.3) is 0 Å². The average molecular weight is 248 g/mol. The molecule has 0 aromatic rings. The minimum atomic E-state index is 0.331. The first kappa shape index (κ1) is 11.0. The largest absolute Gasteiger partial charge is 0.339 e. The Labute approximate surface area is 88.8 Å². The van der Waals surface area contributed by atoms with Crippen LogP contribution in [0.1, 0.15) is 33.1 Å². The SMILES string of the molecule is CC(C)CC(=O)N(CCBr)C1CC1. The van der Waals surface area contributed by atoms with Crippen molar-refractivity contribution < 1.29 is 4.79 Å². The van der Waals surface area contributed by atoms with E-state index in [0.717, 1.165) is 11.9 Å². The van der Waals surface area contributed by atoms with Crippen molar-refractivity contribution in [2.45, 2.75) is 39.2 Å². The van der Waals surface area contributed by atoms with Crippen molar-refractivity contribution in [2.75, 3.05) is 11.9 Å². The normalized spacial score (nSPS) is 16.3. The third-order valence-corrected chi connectivity index (χ3v) is 2.57. The van der Waals surface area contributed by atoms with Gasteiger partial charge in [0.1, 0.15) is 0 Å². The van der Waals surface area contributed by atoms with Crippen molar-refractivity contribution in [3.05, 3.63) is 0 Å². The lowest BCUT2D eigenvalue weighted by Gasteiger charge is -2.22. The zero-order valence-electron chi connectivity index (χ0n) is 8.42. The van der Waals surface area contributed by atoms with Crippen molar-refractivity contribution in [1.29, 1.82) is 0 Å². The predicted molar refractivity (Wildman–Crippen MR) is 58.0 cm³/mol. The van der Waals surface area contributed by atoms with E-state index in [0.29, 0.717) is 24.3 Å². The van der Waals surface area contributed by atoms with Crippen LogP contribution in [0.3, 0.4) is 0 Å². The van der Waals surface area contributed by atoms with Crippen molar-refractivity contribution in [3.63, 3.8) is 0 Å². The minimum Gasteiger partial charge on any atom is -0.339 e. The van der Waals surface area contributed by atoms with Crippen molar-refractivity contribution in [3.8, 4) is 0 Å². The molecule has 1 saturated carbocycles. The van der Waals surface area contributed by atoms with Crippen LogP contribution in [0.2, 0.25) is 0 Å². The van der Waals surface area contributed by atoms with Crippen LogP contribution in [-0.4, -0.2) is 28.7 Å². The highest BCUT2D eigenvalue weighted by Gasteiger charge is 2.31. The molecule has 1 aliphatic carbocycles. The Hall–Kier alpha value is -0.0500. The van der Waals surface area contributed by atoms with Gasteiger partial charge in [0, 0.05) is 24.3 Å². The van der Waals surface area contributed by atoms with Crippen LogP contribution in [0, 0.1) is 5.92 Å². The number of alkyl halides is 1. The molecule has 0 radical (unpaired) electrons. The maximum atomic E-state index is 11.7. The number of nitrogens with zero attached hydrogens (tertiary/aromatic N) is 1. The summed E-state index contributed by atoms with van der Waals surface area (Å²) in [7, 11) is 0. The monoisotopic (exact) mass is 247 g/mol. The molecule has 3 heteroatoms. The van der Waals surface area contributed by atoms with Crippen molar-refractivity contribution >= 4 is 21.8 Å². The second kappa shape index (κ2) is 4.99. The Morgan fingerprint density at radius 1 is 1.54 bits per heavy atom. The highest BCUT2D eigenvalue weighted by Crippen LogP contribution is 2.27. The third-order valence-electron chi connectivity index (χ3n) is 2.22. The van der Waals surface area contributed by atoms with Crippen LogP contribution >= 0.6 is 15.9 Å². The summed E-state index contributed by atoms with van der Waals surface area (Å²) in [6, 6.07) is 0.559. The number of rotatable bonds is 5. The second-order valence-electron chi connectivity index (χ2n) is 4.11. The lowest BCUT2D eigenvalue weighted by molar-refractivity contribution is -0.132. The minimum absolute atomic E-state index is 0.331. The van der Waals surface area contributed by atoms with E-state index in [9.17, 15) is 4.79 Å². The van der Waals surface area contributed by atoms with E-state index in [1.165, 1.54) is 12.8 Å². The molecule has 0 N–H and O–H groups in total. The lowest BCUT2D eigenvalue weighted by atomic mass is 10.1. The first-order chi connectivity index (χ1) is 6.15. The Balaban J connectivity index is 2.38. The standard InChI is InChI=1S/C10H18BrNO/c1-8(2)7-10(13)12(6-5-11)9-3-4-9/h8-9H,3-7H2,1-2H3. The molecule has 2 nitrogen and oxygen atoms in total. The molecule has 76 valence electrons. The van der Waals surface area contributed by atoms with Gasteiger partial charge in [-0.05, 0) is 18.8 Å². The molecule has 0 aromatic carbocycles. The molecular formula is C10H18BrNO. The summed E-state index contributed by atoms with van der Waals surface area (Å²) in [5.41, 5.74) is 0. The summed E-state index contributed by atoms with van der Waals surface area (Å²) in [4.78, 5) is 13.8. The van der Waals surface area contributed by atoms with Gasteiger partial charge in [0.05, 0.1) is 0 Å². The molecular weight excluding hydrogens is 230 g/mol. The molecule has 0 bridgehead atoms. The van der Waals surface area contributed by atoms with E-state index in [1.54, 1.807) is 0 Å². The molecule has 0 heterocycles. The van der Waals surface area contributed by atoms with Gasteiger partial charge in [0.15, 0.2) is 0 Å². The van der Waals surface area contributed by atoms with Gasteiger partial charge in [-0.2, -0.15) is 0 Å². The number of hydrogen-bond acceptors (Lipinski definition) is 1. The Kier molecular flexibility index (Phi) is 4.23. The molecule has 0 atom stereocenters. The average Bonchev–Trinajstić information content (AvgIpc) is 2.81. The fourth-order valence-corrected chi connectivity index (χ4v) is 1.84. The van der Waals surface area contributed by atoms with E-state index in [-0.39, 0.29) is 0 Å². The first-order valence-electron chi connectivity index (χ1n) is 5.00. The highest BCUT2D eigenvalue weighted by atomic mass is 79.9. The van der Waals surface area contributed by atoms with E-state index < -0.39 is 0 Å². The maximum absolute atomic E-state index is 11.7. The van der Waals surface area contributed by atoms with E-state index in [2.05, 4.69) is 29.8 Å². The quantitative estimate of drug-likeness (QED) is 0.684. The van der Waals surface area contributed by atoms with Gasteiger partial charge in [-0.1, -0.05) is 29.8 Å². The number of hydrogen-bond donors (Lipinski definition) is 0. The summed E-state index contributed by atoms with van der Waals surface area (Å²) >= 11 is 3.39. The van der Waals surface area contributed by atoms with Gasteiger partial charge in [-0.3, -0.25) is 4.79 Å². The fraction of sp³-hybridized carbons (Fsp3) is 0.900. The first-order valence-corrected chi connectivity index (χ1v) is 6.12. The van der Waals surface area contributed by atoms with Gasteiger partial charge in [-0.15, -0.1) is 0 Å². The second-order valence-corrected chi connectivity index (χ2v) is 4.90. The summed E-state index contributed by atoms with van der Waals surface area (Å²) in [6.45, 7) is 5.06. The molecule has 1 amide bonds. The fourth-order valence-electron chi connectivity index (χ4n) is 1.45. The van der Waals surface area contributed by atoms with Crippen LogP contribution in [0.25, 0.3) is 0 Å². The Bertz CT molecular complexity index is 178.